The van der Waals surface area contributed by atoms with Crippen LogP contribution in [0.1, 0.15) is 37.9 Å². The van der Waals surface area contributed by atoms with Crippen LogP contribution in [0, 0.1) is 13.8 Å². The van der Waals surface area contributed by atoms with Gasteiger partial charge in [0.05, 0.1) is 5.69 Å². The van der Waals surface area contributed by atoms with Crippen LogP contribution in [0.3, 0.4) is 0 Å². The monoisotopic (exact) mass is 317 g/mol. The van der Waals surface area contributed by atoms with E-state index in [1.807, 2.05) is 50.4 Å². The Morgan fingerprint density at radius 2 is 1.88 bits per heavy atom. The molecular weight excluding hydrogens is 296 g/mol. The first-order chi connectivity index (χ1) is 11.8. The minimum absolute atomic E-state index is 0.573. The van der Waals surface area contributed by atoms with Crippen molar-refractivity contribution in [3.05, 3.63) is 59.4 Å². The van der Waals surface area contributed by atoms with E-state index in [0.29, 0.717) is 11.4 Å². The third kappa shape index (κ3) is 2.28. The largest absolute Gasteiger partial charge is 0.437 e. The molecule has 0 aliphatic heterocycles. The lowest BCUT2D eigenvalue weighted by molar-refractivity contribution is 0.648. The number of fused-ring (bicyclic) bond motifs is 3. The normalized spacial score (nSPS) is 12.8. The van der Waals surface area contributed by atoms with Crippen molar-refractivity contribution in [2.45, 2.75) is 33.6 Å². The van der Waals surface area contributed by atoms with E-state index in [9.17, 15) is 0 Å². The second-order valence-corrected chi connectivity index (χ2v) is 6.49. The number of furan rings is 1. The molecule has 3 heterocycles. The molecule has 0 saturated carbocycles. The summed E-state index contributed by atoms with van der Waals surface area (Å²) in [6.07, 6.45) is 1.89. The zero-order valence-electron chi connectivity index (χ0n) is 15.3. The topological polar surface area (TPSA) is 38.9 Å². The molecule has 0 radical (unpaired) electrons. The van der Waals surface area contributed by atoms with Crippen LogP contribution in [0.25, 0.3) is 33.3 Å². The fraction of sp³-hybridized carbons (Fsp3) is 0.238. The van der Waals surface area contributed by atoms with E-state index in [1.165, 1.54) is 11.1 Å². The fourth-order valence-corrected chi connectivity index (χ4v) is 2.93. The number of pyridine rings is 2. The minimum atomic E-state index is -0.758. The van der Waals surface area contributed by atoms with Crippen LogP contribution in [-0.4, -0.2) is 9.97 Å². The van der Waals surface area contributed by atoms with Crippen molar-refractivity contribution in [2.24, 2.45) is 0 Å². The van der Waals surface area contributed by atoms with Gasteiger partial charge in [-0.2, -0.15) is 0 Å². The van der Waals surface area contributed by atoms with E-state index in [4.69, 9.17) is 5.79 Å². The van der Waals surface area contributed by atoms with Crippen LogP contribution < -0.4 is 0 Å². The van der Waals surface area contributed by atoms with Crippen LogP contribution in [0.15, 0.2) is 47.0 Å². The summed E-state index contributed by atoms with van der Waals surface area (Å²) in [6.45, 7) is 7.80. The number of benzene rings is 1. The van der Waals surface area contributed by atoms with Gasteiger partial charge in [-0.25, -0.2) is 4.98 Å². The van der Waals surface area contributed by atoms with Crippen molar-refractivity contribution in [3.8, 4) is 11.3 Å². The van der Waals surface area contributed by atoms with Gasteiger partial charge in [0.2, 0.25) is 5.71 Å². The molecule has 0 unspecified atom stereocenters. The molecule has 3 nitrogen and oxygen atoms in total. The van der Waals surface area contributed by atoms with Gasteiger partial charge in [0.15, 0.2) is 0 Å². The van der Waals surface area contributed by atoms with Gasteiger partial charge in [-0.05, 0) is 55.1 Å². The van der Waals surface area contributed by atoms with Crippen molar-refractivity contribution in [2.75, 3.05) is 0 Å². The van der Waals surface area contributed by atoms with Gasteiger partial charge in [0, 0.05) is 29.6 Å². The van der Waals surface area contributed by atoms with Gasteiger partial charge < -0.3 is 4.42 Å². The van der Waals surface area contributed by atoms with Gasteiger partial charge in [0.25, 0.3) is 0 Å². The highest BCUT2D eigenvalue weighted by Crippen LogP contribution is 2.35. The van der Waals surface area contributed by atoms with Gasteiger partial charge >= 0.3 is 0 Å². The Kier molecular flexibility index (Phi) is 3.12. The molecule has 4 aromatic rings. The number of nitrogens with zero attached hydrogens (tertiary/aromatic N) is 2. The summed E-state index contributed by atoms with van der Waals surface area (Å²) < 4.78 is 14.3. The lowest BCUT2D eigenvalue weighted by atomic mass is 10.0. The van der Waals surface area contributed by atoms with Gasteiger partial charge in [-0.1, -0.05) is 26.0 Å². The van der Waals surface area contributed by atoms with Crippen molar-refractivity contribution in [1.29, 1.82) is 0 Å². The highest BCUT2D eigenvalue weighted by molar-refractivity contribution is 6.08. The van der Waals surface area contributed by atoms with E-state index in [0.717, 1.165) is 27.6 Å². The number of aromatic nitrogens is 2. The molecule has 0 bridgehead atoms. The lowest BCUT2D eigenvalue weighted by Crippen LogP contribution is -1.90. The Bertz CT molecular complexity index is 1110. The maximum atomic E-state index is 8.19. The average molecular weight is 317 g/mol. The third-order valence-electron chi connectivity index (χ3n) is 4.52. The number of aryl methyl sites for hydroxylation is 2. The molecule has 3 aromatic heterocycles. The van der Waals surface area contributed by atoms with E-state index >= 15 is 0 Å². The second kappa shape index (κ2) is 5.45. The molecule has 3 heteroatoms. The Balaban J connectivity index is 1.99. The molecule has 0 saturated heterocycles. The first-order valence-electron chi connectivity index (χ1n) is 8.61. The Morgan fingerprint density at radius 3 is 2.62 bits per heavy atom. The van der Waals surface area contributed by atoms with Crippen LogP contribution in [0.4, 0.5) is 0 Å². The summed E-state index contributed by atoms with van der Waals surface area (Å²) >= 11 is 0. The van der Waals surface area contributed by atoms with Gasteiger partial charge in [0.1, 0.15) is 5.58 Å². The van der Waals surface area contributed by atoms with Crippen molar-refractivity contribution >= 4 is 22.1 Å². The summed E-state index contributed by atoms with van der Waals surface area (Å²) in [5.41, 5.74) is 6.30. The van der Waals surface area contributed by atoms with Crippen LogP contribution in [0.2, 0.25) is 0 Å². The Hall–Kier alpha value is -2.68. The first-order valence-corrected chi connectivity index (χ1v) is 8.11. The fourth-order valence-electron chi connectivity index (χ4n) is 2.93. The minimum Gasteiger partial charge on any atom is -0.437 e. The summed E-state index contributed by atoms with van der Waals surface area (Å²) in [7, 11) is 0. The Morgan fingerprint density at radius 1 is 1.04 bits per heavy atom. The summed E-state index contributed by atoms with van der Waals surface area (Å²) in [5.74, 6) is -0.758. The standard InChI is InChI=1S/C21H20N2O/c1-12(2)18-9-8-16-15-6-5-7-17(20(15)24-21(16)23-18)19-10-13(3)14(4)11-22-19/h5-12H,1-4H3/i12D. The van der Waals surface area contributed by atoms with E-state index in [2.05, 4.69) is 29.9 Å². The zero-order valence-corrected chi connectivity index (χ0v) is 14.3. The van der Waals surface area contributed by atoms with E-state index in [1.54, 1.807) is 0 Å². The number of para-hydroxylation sites is 1. The molecule has 0 atom stereocenters. The SMILES string of the molecule is [2H]C(C)(C)c1ccc2c(n1)oc1c(-c3cc(C)c(C)cn3)cccc12. The molecule has 1 aromatic carbocycles. The molecule has 120 valence electrons. The molecule has 24 heavy (non-hydrogen) atoms. The van der Waals surface area contributed by atoms with Gasteiger partial charge in [-0.15, -0.1) is 0 Å². The van der Waals surface area contributed by atoms with Crippen LogP contribution in [-0.2, 0) is 0 Å². The maximum Gasteiger partial charge on any atom is 0.227 e. The Labute approximate surface area is 142 Å². The van der Waals surface area contributed by atoms with Crippen LogP contribution in [0.5, 0.6) is 0 Å². The highest BCUT2D eigenvalue weighted by Gasteiger charge is 2.15. The highest BCUT2D eigenvalue weighted by atomic mass is 16.3. The summed E-state index contributed by atoms with van der Waals surface area (Å²) in [6, 6.07) is 12.1. The number of rotatable bonds is 2. The zero-order chi connectivity index (χ0) is 17.8. The second-order valence-electron chi connectivity index (χ2n) is 6.49. The molecule has 0 fully saturated rings. The molecule has 0 amide bonds. The first kappa shape index (κ1) is 13.7. The van der Waals surface area contributed by atoms with Gasteiger partial charge in [-0.3, -0.25) is 4.98 Å². The molecule has 0 spiro atoms. The van der Waals surface area contributed by atoms with Crippen molar-refractivity contribution < 1.29 is 5.79 Å². The van der Waals surface area contributed by atoms with Crippen molar-refractivity contribution in [3.63, 3.8) is 0 Å². The third-order valence-corrected chi connectivity index (χ3v) is 4.52. The summed E-state index contributed by atoms with van der Waals surface area (Å²) in [5, 5.41) is 1.99. The molecule has 0 aliphatic carbocycles. The molecule has 0 N–H and O–H groups in total. The van der Waals surface area contributed by atoms with E-state index in [-0.39, 0.29) is 0 Å². The molecular formula is C21H20N2O. The number of hydrogen-bond acceptors (Lipinski definition) is 3. The van der Waals surface area contributed by atoms with E-state index < -0.39 is 5.89 Å². The predicted octanol–water partition coefficient (Wildman–Crippen LogP) is 5.78. The quantitative estimate of drug-likeness (QED) is 0.470. The molecule has 4 rings (SSSR count). The number of hydrogen-bond donors (Lipinski definition) is 0. The molecule has 0 aliphatic rings. The lowest BCUT2D eigenvalue weighted by Gasteiger charge is -2.05. The maximum absolute atomic E-state index is 8.19. The smallest absolute Gasteiger partial charge is 0.227 e. The predicted molar refractivity (Wildman–Crippen MR) is 98.3 cm³/mol. The average Bonchev–Trinajstić information content (AvgIpc) is 2.94. The van der Waals surface area contributed by atoms with Crippen molar-refractivity contribution in [1.82, 2.24) is 9.97 Å². The van der Waals surface area contributed by atoms with Crippen LogP contribution >= 0.6 is 0 Å². The summed E-state index contributed by atoms with van der Waals surface area (Å²) in [4.78, 5) is 9.15.